The number of halogens is 1. The summed E-state index contributed by atoms with van der Waals surface area (Å²) in [5, 5.41) is 12.0. The molecule has 1 atom stereocenters. The monoisotopic (exact) mass is 540 g/mol. The Labute approximate surface area is 223 Å². The van der Waals surface area contributed by atoms with Crippen LogP contribution >= 0.6 is 22.9 Å². The molecule has 1 aliphatic heterocycles. The van der Waals surface area contributed by atoms with Crippen LogP contribution in [-0.2, 0) is 14.3 Å². The number of ether oxygens (including phenoxy) is 2. The fourth-order valence-corrected chi connectivity index (χ4v) is 5.28. The summed E-state index contributed by atoms with van der Waals surface area (Å²) in [6, 6.07) is 10.7. The summed E-state index contributed by atoms with van der Waals surface area (Å²) in [6.45, 7) is 7.63. The Balaban J connectivity index is 1.90. The molecule has 1 saturated heterocycles. The van der Waals surface area contributed by atoms with Gasteiger partial charge in [0.05, 0.1) is 30.5 Å². The lowest BCUT2D eigenvalue weighted by atomic mass is 9.94. The van der Waals surface area contributed by atoms with Crippen molar-refractivity contribution in [2.75, 3.05) is 18.1 Å². The fourth-order valence-electron chi connectivity index (χ4n) is 4.16. The SMILES string of the molecule is CCOC(=O)c1sc(N2C(=O)C(=O)C(=C(O)c3ccc(OCC)cc3C)C2c2ccc(Cl)cc2)nc1C. The van der Waals surface area contributed by atoms with Crippen molar-refractivity contribution in [2.45, 2.75) is 33.7 Å². The quantitative estimate of drug-likeness (QED) is 0.179. The molecule has 2 heterocycles. The molecule has 1 unspecified atom stereocenters. The highest BCUT2D eigenvalue weighted by Crippen LogP contribution is 2.44. The fraction of sp³-hybridized carbons (Fsp3) is 0.259. The predicted molar refractivity (Wildman–Crippen MR) is 141 cm³/mol. The molecular weight excluding hydrogens is 516 g/mol. The van der Waals surface area contributed by atoms with E-state index in [0.29, 0.717) is 39.8 Å². The maximum absolute atomic E-state index is 13.4. The van der Waals surface area contributed by atoms with E-state index in [1.54, 1.807) is 63.2 Å². The molecule has 0 bridgehead atoms. The Hall–Kier alpha value is -3.69. The molecule has 4 rings (SSSR count). The van der Waals surface area contributed by atoms with Crippen molar-refractivity contribution in [1.82, 2.24) is 4.98 Å². The molecular formula is C27H25ClN2O6S. The number of anilines is 1. The molecule has 8 nitrogen and oxygen atoms in total. The molecule has 0 aliphatic carbocycles. The molecule has 37 heavy (non-hydrogen) atoms. The van der Waals surface area contributed by atoms with Crippen molar-refractivity contribution in [3.8, 4) is 5.75 Å². The number of benzene rings is 2. The number of thiazole rings is 1. The Morgan fingerprint density at radius 1 is 1.11 bits per heavy atom. The van der Waals surface area contributed by atoms with Crippen molar-refractivity contribution in [3.63, 3.8) is 0 Å². The van der Waals surface area contributed by atoms with Crippen molar-refractivity contribution in [2.24, 2.45) is 0 Å². The third-order valence-corrected chi connectivity index (χ3v) is 7.24. The smallest absolute Gasteiger partial charge is 0.350 e. The van der Waals surface area contributed by atoms with E-state index in [2.05, 4.69) is 4.98 Å². The van der Waals surface area contributed by atoms with E-state index in [-0.39, 0.29) is 27.9 Å². The normalized spacial score (nSPS) is 16.8. The molecule has 1 amide bonds. The predicted octanol–water partition coefficient (Wildman–Crippen LogP) is 5.62. The van der Waals surface area contributed by atoms with Crippen LogP contribution in [0.1, 0.15) is 51.9 Å². The van der Waals surface area contributed by atoms with Crippen LogP contribution < -0.4 is 9.64 Å². The largest absolute Gasteiger partial charge is 0.507 e. The molecule has 3 aromatic rings. The van der Waals surface area contributed by atoms with Gasteiger partial charge in [0, 0.05) is 10.6 Å². The summed E-state index contributed by atoms with van der Waals surface area (Å²) in [7, 11) is 0. The minimum atomic E-state index is -0.996. The minimum absolute atomic E-state index is 0.0925. The number of aliphatic hydroxyl groups is 1. The van der Waals surface area contributed by atoms with Gasteiger partial charge in [-0.25, -0.2) is 9.78 Å². The molecule has 1 fully saturated rings. The molecule has 192 valence electrons. The van der Waals surface area contributed by atoms with E-state index in [0.717, 1.165) is 11.3 Å². The number of amides is 1. The lowest BCUT2D eigenvalue weighted by molar-refractivity contribution is -0.132. The third-order valence-electron chi connectivity index (χ3n) is 5.85. The first-order valence-electron chi connectivity index (χ1n) is 11.6. The van der Waals surface area contributed by atoms with Crippen molar-refractivity contribution in [3.05, 3.63) is 80.3 Å². The molecule has 0 spiro atoms. The zero-order chi connectivity index (χ0) is 26.9. The van der Waals surface area contributed by atoms with Gasteiger partial charge in [0.25, 0.3) is 5.78 Å². The summed E-state index contributed by atoms with van der Waals surface area (Å²) in [5.74, 6) is -1.99. The van der Waals surface area contributed by atoms with E-state index in [1.807, 2.05) is 6.92 Å². The van der Waals surface area contributed by atoms with Gasteiger partial charge in [-0.3, -0.25) is 14.5 Å². The number of ketones is 1. The molecule has 1 aromatic heterocycles. The lowest BCUT2D eigenvalue weighted by Gasteiger charge is -2.23. The second kappa shape index (κ2) is 10.7. The highest BCUT2D eigenvalue weighted by atomic mass is 35.5. The first-order chi connectivity index (χ1) is 17.7. The maximum atomic E-state index is 13.4. The van der Waals surface area contributed by atoms with Gasteiger partial charge in [-0.05, 0) is 69.2 Å². The number of esters is 1. The standard InChI is InChI=1S/C27H25ClN2O6S/c1-5-35-18-11-12-19(14(3)13-18)22(31)20-21(16-7-9-17(28)10-8-16)30(25(33)23(20)32)27-29-15(4)24(37-27)26(34)36-6-2/h7-13,21,31H,5-6H2,1-4H3. The molecule has 0 saturated carbocycles. The van der Waals surface area contributed by atoms with Gasteiger partial charge >= 0.3 is 11.9 Å². The Kier molecular flexibility index (Phi) is 7.65. The number of nitrogens with zero attached hydrogens (tertiary/aromatic N) is 2. The average molecular weight is 541 g/mol. The molecule has 1 N–H and O–H groups in total. The van der Waals surface area contributed by atoms with E-state index >= 15 is 0 Å². The van der Waals surface area contributed by atoms with Gasteiger partial charge in [0.1, 0.15) is 16.4 Å². The van der Waals surface area contributed by atoms with Crippen LogP contribution in [-0.4, -0.2) is 41.0 Å². The summed E-state index contributed by atoms with van der Waals surface area (Å²) < 4.78 is 10.6. The zero-order valence-electron chi connectivity index (χ0n) is 20.7. The van der Waals surface area contributed by atoms with Crippen LogP contribution in [0.4, 0.5) is 5.13 Å². The van der Waals surface area contributed by atoms with Gasteiger partial charge in [0.15, 0.2) is 5.13 Å². The molecule has 2 aromatic carbocycles. The zero-order valence-corrected chi connectivity index (χ0v) is 22.3. The molecule has 0 radical (unpaired) electrons. The van der Waals surface area contributed by atoms with Gasteiger partial charge in [0.2, 0.25) is 0 Å². The van der Waals surface area contributed by atoms with Crippen LogP contribution in [0.5, 0.6) is 5.75 Å². The van der Waals surface area contributed by atoms with Crippen LogP contribution in [0.3, 0.4) is 0 Å². The van der Waals surface area contributed by atoms with Gasteiger partial charge in [-0.15, -0.1) is 0 Å². The van der Waals surface area contributed by atoms with E-state index in [9.17, 15) is 19.5 Å². The Bertz CT molecular complexity index is 1410. The number of aromatic nitrogens is 1. The topological polar surface area (TPSA) is 106 Å². The maximum Gasteiger partial charge on any atom is 0.350 e. The van der Waals surface area contributed by atoms with Crippen LogP contribution in [0.2, 0.25) is 5.02 Å². The summed E-state index contributed by atoms with van der Waals surface area (Å²) in [5.41, 5.74) is 1.88. The number of rotatable bonds is 7. The first-order valence-corrected chi connectivity index (χ1v) is 12.8. The Morgan fingerprint density at radius 2 is 1.81 bits per heavy atom. The van der Waals surface area contributed by atoms with Crippen molar-refractivity contribution < 1.29 is 29.0 Å². The second-order valence-corrected chi connectivity index (χ2v) is 9.68. The number of carbonyl (C=O) groups is 3. The minimum Gasteiger partial charge on any atom is -0.507 e. The highest BCUT2D eigenvalue weighted by molar-refractivity contribution is 7.17. The molecule has 1 aliphatic rings. The van der Waals surface area contributed by atoms with E-state index in [4.69, 9.17) is 21.1 Å². The number of hydrogen-bond donors (Lipinski definition) is 1. The first kappa shape index (κ1) is 26.4. The number of aryl methyl sites for hydroxylation is 2. The third kappa shape index (κ3) is 4.97. The lowest BCUT2D eigenvalue weighted by Crippen LogP contribution is -2.29. The molecule has 10 heteroatoms. The summed E-state index contributed by atoms with van der Waals surface area (Å²) in [6.07, 6.45) is 0. The summed E-state index contributed by atoms with van der Waals surface area (Å²) in [4.78, 5) is 45.0. The average Bonchev–Trinajstić information content (AvgIpc) is 3.36. The number of carbonyl (C=O) groups excluding carboxylic acids is 3. The summed E-state index contributed by atoms with van der Waals surface area (Å²) >= 11 is 7.04. The van der Waals surface area contributed by atoms with Gasteiger partial charge < -0.3 is 14.6 Å². The number of Topliss-reactive ketones (excluding diaryl/α,β-unsaturated/α-hetero) is 1. The van der Waals surface area contributed by atoms with Crippen molar-refractivity contribution in [1.29, 1.82) is 0 Å². The van der Waals surface area contributed by atoms with Crippen LogP contribution in [0, 0.1) is 13.8 Å². The van der Waals surface area contributed by atoms with E-state index in [1.165, 1.54) is 4.90 Å². The van der Waals surface area contributed by atoms with E-state index < -0.39 is 23.7 Å². The Morgan fingerprint density at radius 3 is 2.43 bits per heavy atom. The van der Waals surface area contributed by atoms with Crippen molar-refractivity contribution >= 4 is 51.5 Å². The van der Waals surface area contributed by atoms with Crippen LogP contribution in [0.15, 0.2) is 48.0 Å². The van der Waals surface area contributed by atoms with Crippen LogP contribution in [0.25, 0.3) is 5.76 Å². The second-order valence-electron chi connectivity index (χ2n) is 8.26. The number of aliphatic hydroxyl groups excluding tert-OH is 1. The van der Waals surface area contributed by atoms with Gasteiger partial charge in [-0.2, -0.15) is 0 Å². The number of hydrogen-bond acceptors (Lipinski definition) is 8. The van der Waals surface area contributed by atoms with Gasteiger partial charge in [-0.1, -0.05) is 35.1 Å². The highest BCUT2D eigenvalue weighted by Gasteiger charge is 2.48.